The molecule has 4 nitrogen and oxygen atoms in total. The zero-order chi connectivity index (χ0) is 33.0. The predicted molar refractivity (Wildman–Crippen MR) is 207 cm³/mol. The molecule has 0 bridgehead atoms. The van der Waals surface area contributed by atoms with Crippen LogP contribution in [0.5, 0.6) is 0 Å². The summed E-state index contributed by atoms with van der Waals surface area (Å²) in [6.07, 6.45) is 0. The number of aromatic nitrogens is 3. The number of furan rings is 1. The molecule has 0 unspecified atom stereocenters. The molecule has 7 aromatic carbocycles. The third kappa shape index (κ3) is 4.79. The van der Waals surface area contributed by atoms with Crippen LogP contribution >= 0.6 is 11.3 Å². The molecule has 0 amide bonds. The highest BCUT2D eigenvalue weighted by Gasteiger charge is 2.19. The van der Waals surface area contributed by atoms with Crippen LogP contribution < -0.4 is 0 Å². The van der Waals surface area contributed by atoms with Crippen LogP contribution in [0.2, 0.25) is 0 Å². The lowest BCUT2D eigenvalue weighted by Gasteiger charge is -2.14. The summed E-state index contributed by atoms with van der Waals surface area (Å²) in [7, 11) is 0. The Morgan fingerprint density at radius 3 is 1.74 bits per heavy atom. The van der Waals surface area contributed by atoms with E-state index in [2.05, 4.69) is 91.0 Å². The van der Waals surface area contributed by atoms with E-state index in [1.807, 2.05) is 84.1 Å². The van der Waals surface area contributed by atoms with Crippen LogP contribution in [0.15, 0.2) is 168 Å². The van der Waals surface area contributed by atoms with Gasteiger partial charge >= 0.3 is 0 Å². The van der Waals surface area contributed by atoms with Gasteiger partial charge in [-0.2, -0.15) is 0 Å². The molecule has 3 aromatic heterocycles. The van der Waals surface area contributed by atoms with Crippen LogP contribution in [-0.2, 0) is 0 Å². The van der Waals surface area contributed by atoms with Crippen LogP contribution in [0, 0.1) is 0 Å². The molecule has 3 heterocycles. The fraction of sp³-hybridized carbons (Fsp3) is 0. The van der Waals surface area contributed by atoms with Crippen molar-refractivity contribution in [2.24, 2.45) is 0 Å². The molecule has 10 aromatic rings. The van der Waals surface area contributed by atoms with Gasteiger partial charge in [0.05, 0.1) is 0 Å². The average molecular weight is 658 g/mol. The highest BCUT2D eigenvalue weighted by Crippen LogP contribution is 2.43. The van der Waals surface area contributed by atoms with Crippen molar-refractivity contribution in [3.8, 4) is 56.4 Å². The zero-order valence-electron chi connectivity index (χ0n) is 26.7. The Morgan fingerprint density at radius 2 is 0.960 bits per heavy atom. The minimum absolute atomic E-state index is 0.615. The molecule has 10 rings (SSSR count). The van der Waals surface area contributed by atoms with E-state index in [-0.39, 0.29) is 0 Å². The lowest BCUT2D eigenvalue weighted by molar-refractivity contribution is 0.669. The topological polar surface area (TPSA) is 51.8 Å². The van der Waals surface area contributed by atoms with Crippen molar-refractivity contribution < 1.29 is 4.42 Å². The minimum atomic E-state index is 0.615. The second-order valence-corrected chi connectivity index (χ2v) is 13.4. The number of benzene rings is 7. The van der Waals surface area contributed by atoms with Gasteiger partial charge in [0.15, 0.2) is 17.5 Å². The molecule has 0 saturated carbocycles. The van der Waals surface area contributed by atoms with Gasteiger partial charge in [-0.25, -0.2) is 15.0 Å². The van der Waals surface area contributed by atoms with E-state index in [0.29, 0.717) is 17.5 Å². The van der Waals surface area contributed by atoms with E-state index in [1.165, 1.54) is 25.7 Å². The van der Waals surface area contributed by atoms with Crippen LogP contribution in [0.4, 0.5) is 0 Å². The highest BCUT2D eigenvalue weighted by atomic mass is 32.1. The van der Waals surface area contributed by atoms with E-state index in [0.717, 1.165) is 55.3 Å². The average Bonchev–Trinajstić information content (AvgIpc) is 3.76. The van der Waals surface area contributed by atoms with Gasteiger partial charge in [0.1, 0.15) is 11.2 Å². The predicted octanol–water partition coefficient (Wildman–Crippen LogP) is 12.5. The van der Waals surface area contributed by atoms with Crippen molar-refractivity contribution in [1.29, 1.82) is 0 Å². The quantitative estimate of drug-likeness (QED) is 0.185. The standard InChI is InChI=1S/C45H27N3OS/c1-3-12-28(13-4-1)43-46-44(29-14-5-2-6-15-29)48-45(47-43)37-25-23-30(32-18-11-19-36-35-17-8-10-21-41(35)50-42(32)36)26-38(37)31-22-24-34-33-16-7-9-20-39(33)49-40(34)27-31/h1-27H. The number of nitrogens with zero attached hydrogens (tertiary/aromatic N) is 3. The van der Waals surface area contributed by atoms with Crippen molar-refractivity contribution in [2.75, 3.05) is 0 Å². The van der Waals surface area contributed by atoms with Crippen molar-refractivity contribution in [2.45, 2.75) is 0 Å². The van der Waals surface area contributed by atoms with Crippen molar-refractivity contribution in [3.05, 3.63) is 164 Å². The van der Waals surface area contributed by atoms with Gasteiger partial charge in [-0.05, 0) is 58.7 Å². The SMILES string of the molecule is c1ccc(-c2nc(-c3ccccc3)nc(-c3ccc(-c4cccc5c4sc4ccccc45)cc3-c3ccc4c(c3)oc3ccccc34)n2)cc1. The molecule has 0 radical (unpaired) electrons. The number of hydrogen-bond donors (Lipinski definition) is 0. The summed E-state index contributed by atoms with van der Waals surface area (Å²) in [6.45, 7) is 0. The van der Waals surface area contributed by atoms with E-state index < -0.39 is 0 Å². The molecular weight excluding hydrogens is 631 g/mol. The first kappa shape index (κ1) is 28.6. The Labute approximate surface area is 292 Å². The molecular formula is C45H27N3OS. The summed E-state index contributed by atoms with van der Waals surface area (Å²) in [5.74, 6) is 1.88. The lowest BCUT2D eigenvalue weighted by Crippen LogP contribution is -2.01. The Balaban J connectivity index is 1.23. The van der Waals surface area contributed by atoms with Crippen molar-refractivity contribution in [1.82, 2.24) is 15.0 Å². The first-order chi connectivity index (χ1) is 24.8. The third-order valence-electron chi connectivity index (χ3n) is 9.36. The number of fused-ring (bicyclic) bond motifs is 6. The fourth-order valence-corrected chi connectivity index (χ4v) is 8.18. The number of thiophene rings is 1. The molecule has 0 N–H and O–H groups in total. The maximum atomic E-state index is 6.38. The summed E-state index contributed by atoms with van der Waals surface area (Å²) >= 11 is 1.84. The largest absolute Gasteiger partial charge is 0.456 e. The second kappa shape index (κ2) is 11.6. The smallest absolute Gasteiger partial charge is 0.164 e. The minimum Gasteiger partial charge on any atom is -0.456 e. The van der Waals surface area contributed by atoms with Gasteiger partial charge in [0, 0.05) is 47.6 Å². The molecule has 0 spiro atoms. The Bertz CT molecular complexity index is 2820. The normalized spacial score (nSPS) is 11.6. The number of hydrogen-bond acceptors (Lipinski definition) is 5. The third-order valence-corrected chi connectivity index (χ3v) is 10.6. The molecule has 0 saturated heterocycles. The van der Waals surface area contributed by atoms with Crippen molar-refractivity contribution >= 4 is 53.4 Å². The summed E-state index contributed by atoms with van der Waals surface area (Å²) in [4.78, 5) is 15.2. The molecule has 234 valence electrons. The van der Waals surface area contributed by atoms with Gasteiger partial charge in [0.25, 0.3) is 0 Å². The molecule has 0 atom stereocenters. The first-order valence-electron chi connectivity index (χ1n) is 16.6. The summed E-state index contributed by atoms with van der Waals surface area (Å²) in [6, 6.07) is 56.8. The first-order valence-corrected chi connectivity index (χ1v) is 17.4. The maximum Gasteiger partial charge on any atom is 0.164 e. The molecule has 5 heteroatoms. The lowest BCUT2D eigenvalue weighted by atomic mass is 9.93. The van der Waals surface area contributed by atoms with Crippen LogP contribution in [-0.4, -0.2) is 15.0 Å². The maximum absolute atomic E-state index is 6.38. The van der Waals surface area contributed by atoms with Crippen LogP contribution in [0.1, 0.15) is 0 Å². The molecule has 0 aliphatic rings. The second-order valence-electron chi connectivity index (χ2n) is 12.4. The highest BCUT2D eigenvalue weighted by molar-refractivity contribution is 7.26. The summed E-state index contributed by atoms with van der Waals surface area (Å²) < 4.78 is 8.94. The van der Waals surface area contributed by atoms with Crippen LogP contribution in [0.3, 0.4) is 0 Å². The zero-order valence-corrected chi connectivity index (χ0v) is 27.6. The van der Waals surface area contributed by atoms with E-state index in [9.17, 15) is 0 Å². The fourth-order valence-electron chi connectivity index (χ4n) is 6.94. The molecule has 50 heavy (non-hydrogen) atoms. The molecule has 0 fully saturated rings. The molecule has 0 aliphatic carbocycles. The van der Waals surface area contributed by atoms with Gasteiger partial charge in [-0.3, -0.25) is 0 Å². The van der Waals surface area contributed by atoms with Crippen LogP contribution in [0.25, 0.3) is 98.5 Å². The van der Waals surface area contributed by atoms with Gasteiger partial charge in [-0.15, -0.1) is 11.3 Å². The van der Waals surface area contributed by atoms with E-state index >= 15 is 0 Å². The summed E-state index contributed by atoms with van der Waals surface area (Å²) in [5, 5.41) is 4.76. The Morgan fingerprint density at radius 1 is 0.360 bits per heavy atom. The Hall–Kier alpha value is -6.43. The van der Waals surface area contributed by atoms with Gasteiger partial charge in [0.2, 0.25) is 0 Å². The number of rotatable bonds is 5. The van der Waals surface area contributed by atoms with Gasteiger partial charge in [-0.1, -0.05) is 127 Å². The number of para-hydroxylation sites is 1. The van der Waals surface area contributed by atoms with Gasteiger partial charge < -0.3 is 4.42 Å². The Kier molecular flexibility index (Phi) is 6.64. The monoisotopic (exact) mass is 657 g/mol. The van der Waals surface area contributed by atoms with E-state index in [1.54, 1.807) is 0 Å². The molecule has 0 aliphatic heterocycles. The summed E-state index contributed by atoms with van der Waals surface area (Å²) in [5.41, 5.74) is 8.90. The van der Waals surface area contributed by atoms with E-state index in [4.69, 9.17) is 19.4 Å². The van der Waals surface area contributed by atoms with Crippen molar-refractivity contribution in [3.63, 3.8) is 0 Å².